The summed E-state index contributed by atoms with van der Waals surface area (Å²) in [5, 5.41) is 3.42. The summed E-state index contributed by atoms with van der Waals surface area (Å²) in [6.45, 7) is 2.87. The summed E-state index contributed by atoms with van der Waals surface area (Å²) in [5.41, 5.74) is 1.34. The highest BCUT2D eigenvalue weighted by Gasteiger charge is 2.14. The zero-order valence-electron chi connectivity index (χ0n) is 8.41. The highest BCUT2D eigenvalue weighted by atomic mass is 16.5. The van der Waals surface area contributed by atoms with E-state index < -0.39 is 0 Å². The normalized spacial score (nSPS) is 21.3. The van der Waals surface area contributed by atoms with Gasteiger partial charge in [0.05, 0.1) is 6.10 Å². The number of rotatable bonds is 4. The van der Waals surface area contributed by atoms with Gasteiger partial charge in [-0.15, -0.1) is 0 Å². The van der Waals surface area contributed by atoms with Crippen LogP contribution in [-0.2, 0) is 11.3 Å². The zero-order chi connectivity index (χ0) is 9.64. The van der Waals surface area contributed by atoms with Crippen LogP contribution in [0.2, 0.25) is 0 Å². The van der Waals surface area contributed by atoms with Gasteiger partial charge in [0.15, 0.2) is 0 Å². The van der Waals surface area contributed by atoms with Crippen molar-refractivity contribution in [2.45, 2.75) is 25.5 Å². The van der Waals surface area contributed by atoms with Crippen molar-refractivity contribution in [3.05, 3.63) is 35.9 Å². The predicted octanol–water partition coefficient (Wildman–Crippen LogP) is 1.96. The zero-order valence-corrected chi connectivity index (χ0v) is 8.41. The van der Waals surface area contributed by atoms with Gasteiger partial charge in [0.2, 0.25) is 0 Å². The minimum Gasteiger partial charge on any atom is -0.377 e. The molecular formula is C12H17NO. The SMILES string of the molecule is c1ccc(CNC[C@@H]2CCCO2)cc1. The van der Waals surface area contributed by atoms with Crippen LogP contribution in [0, 0.1) is 0 Å². The molecule has 1 aliphatic rings. The molecule has 0 spiro atoms. The summed E-state index contributed by atoms with van der Waals surface area (Å²) in [7, 11) is 0. The summed E-state index contributed by atoms with van der Waals surface area (Å²) in [6, 6.07) is 10.5. The molecule has 0 amide bonds. The van der Waals surface area contributed by atoms with Crippen molar-refractivity contribution in [1.82, 2.24) is 5.32 Å². The van der Waals surface area contributed by atoms with Crippen LogP contribution in [0.15, 0.2) is 30.3 Å². The van der Waals surface area contributed by atoms with E-state index in [1.165, 1.54) is 18.4 Å². The Bertz CT molecular complexity index is 254. The fourth-order valence-corrected chi connectivity index (χ4v) is 1.78. The van der Waals surface area contributed by atoms with Crippen molar-refractivity contribution in [3.8, 4) is 0 Å². The lowest BCUT2D eigenvalue weighted by Gasteiger charge is -2.10. The summed E-state index contributed by atoms with van der Waals surface area (Å²) >= 11 is 0. The molecule has 2 nitrogen and oxygen atoms in total. The molecule has 1 N–H and O–H groups in total. The molecule has 1 fully saturated rings. The molecule has 0 unspecified atom stereocenters. The van der Waals surface area contributed by atoms with Gasteiger partial charge < -0.3 is 10.1 Å². The van der Waals surface area contributed by atoms with Crippen LogP contribution in [-0.4, -0.2) is 19.3 Å². The van der Waals surface area contributed by atoms with Gasteiger partial charge in [-0.05, 0) is 18.4 Å². The Morgan fingerprint density at radius 2 is 2.14 bits per heavy atom. The molecule has 0 bridgehead atoms. The van der Waals surface area contributed by atoms with E-state index in [1.54, 1.807) is 0 Å². The molecule has 1 aliphatic heterocycles. The largest absolute Gasteiger partial charge is 0.377 e. The number of hydrogen-bond acceptors (Lipinski definition) is 2. The third kappa shape index (κ3) is 2.82. The van der Waals surface area contributed by atoms with Crippen molar-refractivity contribution in [1.29, 1.82) is 0 Å². The molecule has 76 valence electrons. The molecule has 2 rings (SSSR count). The van der Waals surface area contributed by atoms with Crippen LogP contribution in [0.3, 0.4) is 0 Å². The topological polar surface area (TPSA) is 21.3 Å². The second-order valence-electron chi connectivity index (χ2n) is 3.75. The van der Waals surface area contributed by atoms with Crippen molar-refractivity contribution < 1.29 is 4.74 Å². The smallest absolute Gasteiger partial charge is 0.0700 e. The highest BCUT2D eigenvalue weighted by molar-refractivity contribution is 5.14. The third-order valence-electron chi connectivity index (χ3n) is 2.57. The monoisotopic (exact) mass is 191 g/mol. The Kier molecular flexibility index (Phi) is 3.55. The number of nitrogens with one attached hydrogen (secondary N) is 1. The Morgan fingerprint density at radius 1 is 1.29 bits per heavy atom. The maximum Gasteiger partial charge on any atom is 0.0700 e. The van der Waals surface area contributed by atoms with Crippen molar-refractivity contribution in [2.24, 2.45) is 0 Å². The molecular weight excluding hydrogens is 174 g/mol. The lowest BCUT2D eigenvalue weighted by molar-refractivity contribution is 0.110. The molecule has 1 saturated heterocycles. The summed E-state index contributed by atoms with van der Waals surface area (Å²) in [5.74, 6) is 0. The van der Waals surface area contributed by atoms with Gasteiger partial charge in [-0.3, -0.25) is 0 Å². The van der Waals surface area contributed by atoms with Gasteiger partial charge in [-0.1, -0.05) is 30.3 Å². The molecule has 0 radical (unpaired) electrons. The second kappa shape index (κ2) is 5.13. The minimum atomic E-state index is 0.443. The molecule has 1 aromatic carbocycles. The van der Waals surface area contributed by atoms with E-state index in [-0.39, 0.29) is 0 Å². The van der Waals surface area contributed by atoms with E-state index in [2.05, 4.69) is 29.6 Å². The molecule has 1 aromatic rings. The van der Waals surface area contributed by atoms with Crippen LogP contribution in [0.4, 0.5) is 0 Å². The minimum absolute atomic E-state index is 0.443. The number of hydrogen-bond donors (Lipinski definition) is 1. The summed E-state index contributed by atoms with van der Waals surface area (Å²) in [4.78, 5) is 0. The van der Waals surface area contributed by atoms with Crippen molar-refractivity contribution in [2.75, 3.05) is 13.2 Å². The average molecular weight is 191 g/mol. The maximum atomic E-state index is 5.53. The van der Waals surface area contributed by atoms with Crippen LogP contribution >= 0.6 is 0 Å². The van der Waals surface area contributed by atoms with E-state index in [1.807, 2.05) is 6.07 Å². The first-order chi connectivity index (χ1) is 6.95. The molecule has 1 atom stereocenters. The van der Waals surface area contributed by atoms with Gasteiger partial charge in [-0.2, -0.15) is 0 Å². The van der Waals surface area contributed by atoms with Crippen LogP contribution in [0.1, 0.15) is 18.4 Å². The highest BCUT2D eigenvalue weighted by Crippen LogP contribution is 2.10. The van der Waals surface area contributed by atoms with E-state index >= 15 is 0 Å². The van der Waals surface area contributed by atoms with Crippen LogP contribution in [0.25, 0.3) is 0 Å². The Hall–Kier alpha value is -0.860. The summed E-state index contributed by atoms with van der Waals surface area (Å²) in [6.07, 6.45) is 2.87. The van der Waals surface area contributed by atoms with Crippen molar-refractivity contribution >= 4 is 0 Å². The molecule has 0 aliphatic carbocycles. The molecule has 14 heavy (non-hydrogen) atoms. The fourth-order valence-electron chi connectivity index (χ4n) is 1.78. The fraction of sp³-hybridized carbons (Fsp3) is 0.500. The van der Waals surface area contributed by atoms with E-state index in [9.17, 15) is 0 Å². The van der Waals surface area contributed by atoms with Gasteiger partial charge in [0, 0.05) is 19.7 Å². The van der Waals surface area contributed by atoms with Gasteiger partial charge in [-0.25, -0.2) is 0 Å². The molecule has 1 heterocycles. The third-order valence-corrected chi connectivity index (χ3v) is 2.57. The van der Waals surface area contributed by atoms with E-state index in [0.717, 1.165) is 19.7 Å². The van der Waals surface area contributed by atoms with Crippen LogP contribution in [0.5, 0.6) is 0 Å². The lowest BCUT2D eigenvalue weighted by Crippen LogP contribution is -2.25. The van der Waals surface area contributed by atoms with Gasteiger partial charge in [0.1, 0.15) is 0 Å². The molecule has 0 saturated carbocycles. The first-order valence-electron chi connectivity index (χ1n) is 5.31. The molecule has 0 aromatic heterocycles. The Balaban J connectivity index is 1.67. The quantitative estimate of drug-likeness (QED) is 0.785. The standard InChI is InChI=1S/C12H17NO/c1-2-5-11(6-3-1)9-13-10-12-7-4-8-14-12/h1-3,5-6,12-13H,4,7-10H2/t12-/m0/s1. The molecule has 2 heteroatoms. The number of benzene rings is 1. The van der Waals surface area contributed by atoms with E-state index in [4.69, 9.17) is 4.74 Å². The summed E-state index contributed by atoms with van der Waals surface area (Å²) < 4.78 is 5.53. The van der Waals surface area contributed by atoms with E-state index in [0.29, 0.717) is 6.10 Å². The first-order valence-corrected chi connectivity index (χ1v) is 5.31. The Morgan fingerprint density at radius 3 is 2.86 bits per heavy atom. The second-order valence-corrected chi connectivity index (χ2v) is 3.75. The Labute approximate surface area is 85.3 Å². The van der Waals surface area contributed by atoms with Crippen molar-refractivity contribution in [3.63, 3.8) is 0 Å². The van der Waals surface area contributed by atoms with Gasteiger partial charge >= 0.3 is 0 Å². The number of ether oxygens (including phenoxy) is 1. The maximum absolute atomic E-state index is 5.53. The first kappa shape index (κ1) is 9.69. The lowest BCUT2D eigenvalue weighted by atomic mass is 10.2. The predicted molar refractivity (Wildman–Crippen MR) is 57.1 cm³/mol. The van der Waals surface area contributed by atoms with Crippen LogP contribution < -0.4 is 5.32 Å². The average Bonchev–Trinajstić information content (AvgIpc) is 2.72. The van der Waals surface area contributed by atoms with Gasteiger partial charge in [0.25, 0.3) is 0 Å².